The van der Waals surface area contributed by atoms with Gasteiger partial charge in [-0.1, -0.05) is 6.07 Å². The summed E-state index contributed by atoms with van der Waals surface area (Å²) in [5.74, 6) is -6.61. The number of ether oxygens (including phenoxy) is 1. The molecule has 0 aromatic heterocycles. The number of hydrogen-bond donors (Lipinski definition) is 1. The van der Waals surface area contributed by atoms with Crippen LogP contribution in [0.15, 0.2) is 36.4 Å². The van der Waals surface area contributed by atoms with E-state index in [0.717, 1.165) is 43.3 Å². The number of rotatable bonds is 4. The molecule has 0 aliphatic carbocycles. The Kier molecular flexibility index (Phi) is 8.70. The molecule has 11 heteroatoms. The van der Waals surface area contributed by atoms with Gasteiger partial charge in [-0.2, -0.15) is 22.0 Å². The number of fused-ring (bicyclic) bond motifs is 1. The standard InChI is InChI=1S/C20H19F5N2O2.2ClH/c1-27-8-7-12-3-5-15(9-14(12)11-27)26-18(28)13-4-6-17(29-2)16(10-13)19(21,22)20(23,24)25;;/h3-6,9-10H,7-8,11H2,1-2H3,(H,26,28);2*1H. The molecule has 3 rings (SSSR count). The van der Waals surface area contributed by atoms with Gasteiger partial charge in [0, 0.05) is 24.3 Å². The second kappa shape index (κ2) is 10.0. The number of halogens is 7. The molecule has 1 aliphatic heterocycles. The Morgan fingerprint density at radius 1 is 1.03 bits per heavy atom. The maximum atomic E-state index is 13.9. The first-order chi connectivity index (χ1) is 13.5. The van der Waals surface area contributed by atoms with Crippen LogP contribution < -0.4 is 10.1 Å². The third-order valence-corrected chi connectivity index (χ3v) is 4.82. The van der Waals surface area contributed by atoms with E-state index in [2.05, 4.69) is 15.0 Å². The summed E-state index contributed by atoms with van der Waals surface area (Å²) >= 11 is 0. The van der Waals surface area contributed by atoms with E-state index in [1.54, 1.807) is 12.1 Å². The van der Waals surface area contributed by atoms with Crippen molar-refractivity contribution >= 4 is 36.4 Å². The summed E-state index contributed by atoms with van der Waals surface area (Å²) in [7, 11) is 2.95. The number of anilines is 1. The summed E-state index contributed by atoms with van der Waals surface area (Å²) in [6.45, 7) is 1.62. The Labute approximate surface area is 188 Å². The van der Waals surface area contributed by atoms with Gasteiger partial charge < -0.3 is 15.0 Å². The number of amides is 1. The van der Waals surface area contributed by atoms with Crippen LogP contribution in [0.5, 0.6) is 5.75 Å². The molecular weight excluding hydrogens is 466 g/mol. The van der Waals surface area contributed by atoms with E-state index in [4.69, 9.17) is 0 Å². The second-order valence-corrected chi connectivity index (χ2v) is 6.91. The van der Waals surface area contributed by atoms with E-state index in [0.29, 0.717) is 18.3 Å². The van der Waals surface area contributed by atoms with Gasteiger partial charge in [0.15, 0.2) is 0 Å². The highest BCUT2D eigenvalue weighted by Gasteiger charge is 2.60. The fourth-order valence-electron chi connectivity index (χ4n) is 3.23. The Morgan fingerprint density at radius 3 is 2.32 bits per heavy atom. The zero-order valence-corrected chi connectivity index (χ0v) is 18.2. The van der Waals surface area contributed by atoms with Crippen molar-refractivity contribution < 1.29 is 31.5 Å². The number of benzene rings is 2. The van der Waals surface area contributed by atoms with Crippen molar-refractivity contribution in [3.05, 3.63) is 58.7 Å². The zero-order chi connectivity index (χ0) is 21.4. The van der Waals surface area contributed by atoms with E-state index < -0.39 is 29.3 Å². The number of carbonyl (C=O) groups excluding carboxylic acids is 1. The summed E-state index contributed by atoms with van der Waals surface area (Å²) in [4.78, 5) is 14.6. The molecule has 1 aliphatic rings. The number of hydrogen-bond acceptors (Lipinski definition) is 3. The fourth-order valence-corrected chi connectivity index (χ4v) is 3.23. The molecular formula is C20H21Cl2F5N2O2. The lowest BCUT2D eigenvalue weighted by atomic mass is 9.99. The first-order valence-electron chi connectivity index (χ1n) is 8.77. The number of likely N-dealkylation sites (N-methyl/N-ethyl adjacent to an activating group) is 1. The minimum absolute atomic E-state index is 0. The SMILES string of the molecule is COc1ccc(C(=O)Nc2ccc3c(c2)CN(C)CC3)cc1C(F)(F)C(F)(F)F.Cl.Cl. The average molecular weight is 487 g/mol. The minimum atomic E-state index is -5.82. The van der Waals surface area contributed by atoms with Crippen LogP contribution in [0, 0.1) is 0 Å². The molecule has 2 aromatic rings. The van der Waals surface area contributed by atoms with E-state index in [-0.39, 0.29) is 30.4 Å². The Bertz CT molecular complexity index is 938. The van der Waals surface area contributed by atoms with Crippen LogP contribution in [0.2, 0.25) is 0 Å². The van der Waals surface area contributed by atoms with E-state index in [1.165, 1.54) is 0 Å². The number of alkyl halides is 5. The van der Waals surface area contributed by atoms with Crippen molar-refractivity contribution in [3.63, 3.8) is 0 Å². The van der Waals surface area contributed by atoms with Crippen LogP contribution in [0.3, 0.4) is 0 Å². The monoisotopic (exact) mass is 486 g/mol. The van der Waals surface area contributed by atoms with Gasteiger partial charge in [0.05, 0.1) is 12.7 Å². The second-order valence-electron chi connectivity index (χ2n) is 6.91. The van der Waals surface area contributed by atoms with Crippen LogP contribution in [0.1, 0.15) is 27.0 Å². The number of nitrogens with one attached hydrogen (secondary N) is 1. The number of carbonyl (C=O) groups is 1. The summed E-state index contributed by atoms with van der Waals surface area (Å²) in [6, 6.07) is 7.89. The molecule has 0 fully saturated rings. The van der Waals surface area contributed by atoms with Crippen molar-refractivity contribution in [2.75, 3.05) is 26.0 Å². The molecule has 1 amide bonds. The van der Waals surface area contributed by atoms with Gasteiger partial charge in [-0.15, -0.1) is 24.8 Å². The fraction of sp³-hybridized carbons (Fsp3) is 0.350. The highest BCUT2D eigenvalue weighted by Crippen LogP contribution is 2.47. The van der Waals surface area contributed by atoms with Gasteiger partial charge in [-0.05, 0) is 54.9 Å². The largest absolute Gasteiger partial charge is 0.496 e. The van der Waals surface area contributed by atoms with Crippen LogP contribution in [0.25, 0.3) is 0 Å². The van der Waals surface area contributed by atoms with Crippen LogP contribution >= 0.6 is 24.8 Å². The highest BCUT2D eigenvalue weighted by atomic mass is 35.5. The quantitative estimate of drug-likeness (QED) is 0.585. The topological polar surface area (TPSA) is 41.6 Å². The summed E-state index contributed by atoms with van der Waals surface area (Å²) in [5, 5.41) is 2.55. The lowest BCUT2D eigenvalue weighted by Gasteiger charge is -2.25. The molecule has 1 N–H and O–H groups in total. The Hall–Kier alpha value is -2.10. The maximum Gasteiger partial charge on any atom is 0.458 e. The summed E-state index contributed by atoms with van der Waals surface area (Å²) in [5.41, 5.74) is 0.865. The molecule has 172 valence electrons. The molecule has 31 heavy (non-hydrogen) atoms. The van der Waals surface area contributed by atoms with Crippen molar-refractivity contribution in [2.24, 2.45) is 0 Å². The van der Waals surface area contributed by atoms with Crippen LogP contribution in [0.4, 0.5) is 27.6 Å². The third kappa shape index (κ3) is 5.58. The van der Waals surface area contributed by atoms with Crippen molar-refractivity contribution in [3.8, 4) is 5.75 Å². The van der Waals surface area contributed by atoms with E-state index in [9.17, 15) is 26.7 Å². The first kappa shape index (κ1) is 26.9. The molecule has 0 saturated heterocycles. The molecule has 1 heterocycles. The lowest BCUT2D eigenvalue weighted by Crippen LogP contribution is -2.34. The number of methoxy groups -OCH3 is 1. The molecule has 0 unspecified atom stereocenters. The molecule has 0 bridgehead atoms. The predicted octanol–water partition coefficient (Wildman–Crippen LogP) is 5.43. The third-order valence-electron chi connectivity index (χ3n) is 4.82. The summed E-state index contributed by atoms with van der Waals surface area (Å²) in [6.07, 6.45) is -4.95. The smallest absolute Gasteiger partial charge is 0.458 e. The van der Waals surface area contributed by atoms with Crippen molar-refractivity contribution in [2.45, 2.75) is 25.1 Å². The lowest BCUT2D eigenvalue weighted by molar-refractivity contribution is -0.289. The first-order valence-corrected chi connectivity index (χ1v) is 8.77. The minimum Gasteiger partial charge on any atom is -0.496 e. The molecule has 0 saturated carbocycles. The van der Waals surface area contributed by atoms with Gasteiger partial charge in [0.1, 0.15) is 5.75 Å². The maximum absolute atomic E-state index is 13.9. The zero-order valence-electron chi connectivity index (χ0n) is 16.6. The molecule has 0 spiro atoms. The molecule has 0 atom stereocenters. The van der Waals surface area contributed by atoms with Gasteiger partial charge in [0.2, 0.25) is 0 Å². The Balaban J connectivity index is 0.00000240. The van der Waals surface area contributed by atoms with E-state index in [1.807, 2.05) is 13.1 Å². The average Bonchev–Trinajstić information content (AvgIpc) is 2.66. The molecule has 0 radical (unpaired) electrons. The van der Waals surface area contributed by atoms with Crippen molar-refractivity contribution in [1.82, 2.24) is 4.90 Å². The van der Waals surface area contributed by atoms with Crippen LogP contribution in [-0.2, 0) is 18.9 Å². The highest BCUT2D eigenvalue weighted by molar-refractivity contribution is 6.04. The molecule has 4 nitrogen and oxygen atoms in total. The van der Waals surface area contributed by atoms with Gasteiger partial charge in [-0.3, -0.25) is 4.79 Å². The van der Waals surface area contributed by atoms with E-state index >= 15 is 0 Å². The predicted molar refractivity (Wildman–Crippen MR) is 112 cm³/mol. The van der Waals surface area contributed by atoms with Crippen LogP contribution in [-0.4, -0.2) is 37.7 Å². The Morgan fingerprint density at radius 2 is 1.71 bits per heavy atom. The van der Waals surface area contributed by atoms with Crippen molar-refractivity contribution in [1.29, 1.82) is 0 Å². The van der Waals surface area contributed by atoms with Gasteiger partial charge in [-0.25, -0.2) is 0 Å². The van der Waals surface area contributed by atoms with Gasteiger partial charge in [0.25, 0.3) is 5.91 Å². The number of nitrogens with zero attached hydrogens (tertiary/aromatic N) is 1. The molecule has 2 aromatic carbocycles. The normalized spacial score (nSPS) is 14.0. The van der Waals surface area contributed by atoms with Gasteiger partial charge >= 0.3 is 12.1 Å². The summed E-state index contributed by atoms with van der Waals surface area (Å²) < 4.78 is 70.8.